The number of hydrogen-bond acceptors (Lipinski definition) is 0. The van der Waals surface area contributed by atoms with Gasteiger partial charge in [-0.1, -0.05) is 231 Å². The predicted molar refractivity (Wildman–Crippen MR) is 394 cm³/mol. The third-order valence-corrected chi connectivity index (χ3v) is 19.9. The molecule has 0 saturated carbocycles. The highest BCUT2D eigenvalue weighted by atomic mass is 15.0. The van der Waals surface area contributed by atoms with E-state index in [1.165, 1.54) is 165 Å². The van der Waals surface area contributed by atoms with Gasteiger partial charge in [0.1, 0.15) is 0 Å². The van der Waals surface area contributed by atoms with Crippen molar-refractivity contribution in [3.63, 3.8) is 0 Å². The van der Waals surface area contributed by atoms with Crippen LogP contribution in [0, 0.1) is 0 Å². The van der Waals surface area contributed by atoms with Crippen molar-refractivity contribution in [3.05, 3.63) is 350 Å². The van der Waals surface area contributed by atoms with Gasteiger partial charge in [-0.15, -0.1) is 0 Å². The minimum Gasteiger partial charge on any atom is -0.309 e. The molecule has 0 spiro atoms. The molecule has 19 rings (SSSR count). The predicted octanol–water partition coefficient (Wildman–Crippen LogP) is 24.0. The van der Waals surface area contributed by atoms with Crippen molar-refractivity contribution in [2.24, 2.45) is 0 Å². The van der Waals surface area contributed by atoms with Crippen molar-refractivity contribution in [2.45, 2.75) is 12.3 Å². The first-order valence-electron chi connectivity index (χ1n) is 32.4. The fourth-order valence-electron chi connectivity index (χ4n) is 15.6. The van der Waals surface area contributed by atoms with Crippen LogP contribution in [0.4, 0.5) is 0 Å². The Balaban J connectivity index is 0.686. The second kappa shape index (κ2) is 21.3. The van der Waals surface area contributed by atoms with E-state index in [1.807, 2.05) is 0 Å². The van der Waals surface area contributed by atoms with Gasteiger partial charge < -0.3 is 13.7 Å². The highest BCUT2D eigenvalue weighted by Gasteiger charge is 2.24. The molecule has 1 aliphatic rings. The molecule has 0 N–H and O–H groups in total. The standard InChI is InChI=1S/C90H59N3/c1-5-20-58(21-6-1)67-49-68(59-22-7-2-8-23-59)51-69(50-67)61-25-19-24-60(48-61)62-36-42-75-76-43-37-63(53-81(76)74-31-14-13-30-73(74)80(75)52-62)66-38-44-79-84-57-72(41-47-89(84)92(90(79)56-66)71-28-11-4-12-29-71)93-86-35-18-16-33-78(86)83-55-65(40-46-88(83)93)64-39-45-87-82(54-64)77-32-15-17-34-85(77)91(87)70-26-9-3-10-27-70/h1-51,53-57,62H,52H2. The van der Waals surface area contributed by atoms with Crippen molar-refractivity contribution in [1.82, 2.24) is 13.7 Å². The molecule has 1 aliphatic carbocycles. The van der Waals surface area contributed by atoms with Gasteiger partial charge in [-0.2, -0.15) is 0 Å². The Kier molecular flexibility index (Phi) is 12.1. The van der Waals surface area contributed by atoms with Gasteiger partial charge in [-0.3, -0.25) is 0 Å². The Bertz CT molecular complexity index is 6010. The molecule has 1 unspecified atom stereocenters. The van der Waals surface area contributed by atoms with Gasteiger partial charge in [0, 0.05) is 55.3 Å². The fourth-order valence-corrected chi connectivity index (χ4v) is 15.6. The van der Waals surface area contributed by atoms with Crippen LogP contribution in [0.15, 0.2) is 334 Å². The average Bonchev–Trinajstić information content (AvgIpc) is 1.71. The van der Waals surface area contributed by atoms with Gasteiger partial charge >= 0.3 is 0 Å². The van der Waals surface area contributed by atoms with Crippen LogP contribution in [-0.4, -0.2) is 13.7 Å². The number of para-hydroxylation sites is 4. The van der Waals surface area contributed by atoms with E-state index in [4.69, 9.17) is 0 Å². The summed E-state index contributed by atoms with van der Waals surface area (Å²) < 4.78 is 7.30. The topological polar surface area (TPSA) is 14.8 Å². The average molecular weight is 1180 g/mol. The minimum absolute atomic E-state index is 0.229. The van der Waals surface area contributed by atoms with E-state index >= 15 is 0 Å². The Labute approximate surface area is 538 Å². The van der Waals surface area contributed by atoms with Crippen LogP contribution >= 0.6 is 0 Å². The van der Waals surface area contributed by atoms with Crippen molar-refractivity contribution in [2.75, 3.05) is 0 Å². The van der Waals surface area contributed by atoms with Crippen molar-refractivity contribution in [1.29, 1.82) is 0 Å². The monoisotopic (exact) mass is 1180 g/mol. The molecule has 3 heteroatoms. The second-order valence-electron chi connectivity index (χ2n) is 25.1. The van der Waals surface area contributed by atoms with E-state index in [2.05, 4.69) is 353 Å². The summed E-state index contributed by atoms with van der Waals surface area (Å²) in [6.07, 6.45) is 5.79. The number of hydrogen-bond donors (Lipinski definition) is 0. The molecule has 0 saturated heterocycles. The summed E-state index contributed by atoms with van der Waals surface area (Å²) in [7, 11) is 0. The molecule has 0 aliphatic heterocycles. The lowest BCUT2D eigenvalue weighted by molar-refractivity contribution is 0.835. The maximum atomic E-state index is 2.46. The van der Waals surface area contributed by atoms with Crippen molar-refractivity contribution < 1.29 is 0 Å². The molecule has 0 amide bonds. The molecule has 3 heterocycles. The van der Waals surface area contributed by atoms with E-state index in [0.29, 0.717) is 0 Å². The van der Waals surface area contributed by atoms with Crippen molar-refractivity contribution >= 4 is 93.0 Å². The number of aromatic nitrogens is 3. The number of benzene rings is 15. The first-order valence-corrected chi connectivity index (χ1v) is 32.4. The third-order valence-electron chi connectivity index (χ3n) is 19.9. The molecule has 0 radical (unpaired) electrons. The van der Waals surface area contributed by atoms with E-state index in [0.717, 1.165) is 17.8 Å². The van der Waals surface area contributed by atoms with Crippen LogP contribution < -0.4 is 0 Å². The Morgan fingerprint density at radius 2 is 0.624 bits per heavy atom. The Morgan fingerprint density at radius 3 is 1.23 bits per heavy atom. The third kappa shape index (κ3) is 8.65. The maximum Gasteiger partial charge on any atom is 0.0547 e. The van der Waals surface area contributed by atoms with E-state index in [1.54, 1.807) is 0 Å². The first-order chi connectivity index (χ1) is 46.1. The number of allylic oxidation sites excluding steroid dienone is 1. The molecule has 434 valence electrons. The summed E-state index contributed by atoms with van der Waals surface area (Å²) in [5, 5.41) is 12.6. The van der Waals surface area contributed by atoms with Crippen LogP contribution in [0.25, 0.3) is 166 Å². The molecule has 0 fully saturated rings. The van der Waals surface area contributed by atoms with Crippen LogP contribution in [0.5, 0.6) is 0 Å². The Morgan fingerprint density at radius 1 is 0.215 bits per heavy atom. The number of fused-ring (bicyclic) bond motifs is 15. The molecule has 0 bridgehead atoms. The zero-order valence-electron chi connectivity index (χ0n) is 51.0. The van der Waals surface area contributed by atoms with Crippen LogP contribution in [0.3, 0.4) is 0 Å². The second-order valence-corrected chi connectivity index (χ2v) is 25.1. The lowest BCUT2D eigenvalue weighted by Crippen LogP contribution is -2.07. The first kappa shape index (κ1) is 52.9. The number of rotatable bonds is 9. The van der Waals surface area contributed by atoms with Gasteiger partial charge in [0.15, 0.2) is 0 Å². The lowest BCUT2D eigenvalue weighted by Gasteiger charge is -2.24. The Hall–Kier alpha value is -12.0. The molecule has 18 aromatic rings. The summed E-state index contributed by atoms with van der Waals surface area (Å²) in [6.45, 7) is 0. The summed E-state index contributed by atoms with van der Waals surface area (Å²) in [4.78, 5) is 0. The summed E-state index contributed by atoms with van der Waals surface area (Å²) in [5.41, 5.74) is 26.7. The quantitative estimate of drug-likeness (QED) is 0.128. The van der Waals surface area contributed by atoms with Gasteiger partial charge in [0.05, 0.1) is 33.1 Å². The normalized spacial score (nSPS) is 13.2. The lowest BCUT2D eigenvalue weighted by atomic mass is 9.79. The maximum absolute atomic E-state index is 2.46. The van der Waals surface area contributed by atoms with Crippen LogP contribution in [0.2, 0.25) is 0 Å². The fraction of sp³-hybridized carbons (Fsp3) is 0.0222. The van der Waals surface area contributed by atoms with E-state index in [-0.39, 0.29) is 5.92 Å². The number of nitrogens with zero attached hydrogens (tertiary/aromatic N) is 3. The van der Waals surface area contributed by atoms with Crippen LogP contribution in [0.1, 0.15) is 22.6 Å². The molecule has 93 heavy (non-hydrogen) atoms. The molecular weight excluding hydrogens is 1120 g/mol. The summed E-state index contributed by atoms with van der Waals surface area (Å²) in [5.74, 6) is 0.229. The van der Waals surface area contributed by atoms with E-state index < -0.39 is 0 Å². The molecular formula is C90H59N3. The molecule has 1 atom stereocenters. The SMILES string of the molecule is C1=CC(c2cccc(-c3cc(-c4ccccc4)cc(-c4ccccc4)c3)c2)Cc2c1c1ccc(-c3ccc4c5cc(-n6c7ccccc7c7cc(-c8ccc9c(c8)c8ccccc8n9-c8ccccc8)ccc76)ccc5n(-c5ccccc5)c4c3)cc1c1ccccc21. The van der Waals surface area contributed by atoms with Gasteiger partial charge in [-0.25, -0.2) is 0 Å². The summed E-state index contributed by atoms with van der Waals surface area (Å²) in [6, 6.07) is 122. The zero-order chi connectivity index (χ0) is 61.1. The molecule has 3 nitrogen and oxygen atoms in total. The van der Waals surface area contributed by atoms with Gasteiger partial charge in [-0.05, 0) is 209 Å². The smallest absolute Gasteiger partial charge is 0.0547 e. The van der Waals surface area contributed by atoms with Gasteiger partial charge in [0.25, 0.3) is 0 Å². The van der Waals surface area contributed by atoms with Crippen molar-refractivity contribution in [3.8, 4) is 72.7 Å². The minimum atomic E-state index is 0.229. The highest BCUT2D eigenvalue weighted by molar-refractivity contribution is 6.17. The summed E-state index contributed by atoms with van der Waals surface area (Å²) >= 11 is 0. The van der Waals surface area contributed by atoms with Crippen LogP contribution in [-0.2, 0) is 6.42 Å². The van der Waals surface area contributed by atoms with E-state index in [9.17, 15) is 0 Å². The highest BCUT2D eigenvalue weighted by Crippen LogP contribution is 2.45. The molecule has 15 aromatic carbocycles. The molecule has 3 aromatic heterocycles. The largest absolute Gasteiger partial charge is 0.309 e. The van der Waals surface area contributed by atoms with Gasteiger partial charge in [0.2, 0.25) is 0 Å². The zero-order valence-corrected chi connectivity index (χ0v) is 51.0.